The molecule has 1 heterocycles. The van der Waals surface area contributed by atoms with Gasteiger partial charge in [-0.25, -0.2) is 9.78 Å². The molecule has 0 unspecified atom stereocenters. The van der Waals surface area contributed by atoms with Crippen molar-refractivity contribution in [3.8, 4) is 10.6 Å². The van der Waals surface area contributed by atoms with Crippen LogP contribution in [0.15, 0.2) is 54.6 Å². The number of hydrogen-bond donors (Lipinski definition) is 1. The van der Waals surface area contributed by atoms with Crippen LogP contribution in [0.25, 0.3) is 10.6 Å². The summed E-state index contributed by atoms with van der Waals surface area (Å²) in [5.74, 6) is -0.918. The van der Waals surface area contributed by atoms with Crippen molar-refractivity contribution >= 4 is 23.0 Å². The van der Waals surface area contributed by atoms with E-state index in [1.54, 1.807) is 6.92 Å². The lowest BCUT2D eigenvalue weighted by atomic mass is 10.1. The first kappa shape index (κ1) is 17.2. The van der Waals surface area contributed by atoms with Gasteiger partial charge in [0.2, 0.25) is 0 Å². The van der Waals surface area contributed by atoms with Gasteiger partial charge >= 0.3 is 5.97 Å². The van der Waals surface area contributed by atoms with Gasteiger partial charge in [0.1, 0.15) is 9.88 Å². The average molecular weight is 352 g/mol. The molecule has 128 valence electrons. The highest BCUT2D eigenvalue weighted by Crippen LogP contribution is 2.29. The molecule has 2 aromatic carbocycles. The van der Waals surface area contributed by atoms with E-state index in [9.17, 15) is 9.90 Å². The van der Waals surface area contributed by atoms with E-state index in [1.165, 1.54) is 22.6 Å². The lowest BCUT2D eigenvalue weighted by Crippen LogP contribution is -2.21. The summed E-state index contributed by atoms with van der Waals surface area (Å²) in [7, 11) is 0. The third-order valence-electron chi connectivity index (χ3n) is 4.04. The molecule has 25 heavy (non-hydrogen) atoms. The Morgan fingerprint density at radius 2 is 1.92 bits per heavy atom. The number of aryl methyl sites for hydroxylation is 1. The monoisotopic (exact) mass is 352 g/mol. The van der Waals surface area contributed by atoms with Gasteiger partial charge in [-0.3, -0.25) is 0 Å². The highest BCUT2D eigenvalue weighted by Gasteiger charge is 2.15. The van der Waals surface area contributed by atoms with Gasteiger partial charge < -0.3 is 10.0 Å². The van der Waals surface area contributed by atoms with Crippen molar-refractivity contribution in [3.05, 3.63) is 70.7 Å². The van der Waals surface area contributed by atoms with Crippen molar-refractivity contribution in [1.29, 1.82) is 0 Å². The van der Waals surface area contributed by atoms with Gasteiger partial charge in [-0.1, -0.05) is 36.4 Å². The first-order valence-corrected chi connectivity index (χ1v) is 9.00. The number of aromatic nitrogens is 1. The van der Waals surface area contributed by atoms with Crippen LogP contribution in [0.2, 0.25) is 0 Å². The van der Waals surface area contributed by atoms with Crippen molar-refractivity contribution < 1.29 is 9.90 Å². The van der Waals surface area contributed by atoms with E-state index < -0.39 is 5.97 Å². The van der Waals surface area contributed by atoms with Gasteiger partial charge in [-0.15, -0.1) is 11.3 Å². The molecule has 0 bridgehead atoms. The van der Waals surface area contributed by atoms with Crippen molar-refractivity contribution in [2.24, 2.45) is 0 Å². The van der Waals surface area contributed by atoms with Gasteiger partial charge in [0, 0.05) is 24.3 Å². The number of hydrogen-bond acceptors (Lipinski definition) is 4. The molecule has 1 N–H and O–H groups in total. The quantitative estimate of drug-likeness (QED) is 0.689. The van der Waals surface area contributed by atoms with Gasteiger partial charge in [0.25, 0.3) is 0 Å². The van der Waals surface area contributed by atoms with E-state index in [0.29, 0.717) is 10.6 Å². The van der Waals surface area contributed by atoms with Crippen LogP contribution in [0, 0.1) is 6.92 Å². The Labute approximate surface area is 151 Å². The van der Waals surface area contributed by atoms with Crippen LogP contribution in [0.1, 0.15) is 27.9 Å². The van der Waals surface area contributed by atoms with Gasteiger partial charge in [-0.05, 0) is 37.6 Å². The predicted molar refractivity (Wildman–Crippen MR) is 102 cm³/mol. The fourth-order valence-electron chi connectivity index (χ4n) is 2.77. The Bertz CT molecular complexity index is 874. The number of carbonyl (C=O) groups is 1. The van der Waals surface area contributed by atoms with Crippen LogP contribution in [0.5, 0.6) is 0 Å². The van der Waals surface area contributed by atoms with E-state index in [1.807, 2.05) is 30.3 Å². The fraction of sp³-hybridized carbons (Fsp3) is 0.200. The van der Waals surface area contributed by atoms with E-state index >= 15 is 0 Å². The normalized spacial score (nSPS) is 10.6. The number of benzene rings is 2. The summed E-state index contributed by atoms with van der Waals surface area (Å²) in [6, 6.07) is 18.5. The van der Waals surface area contributed by atoms with Gasteiger partial charge in [-0.2, -0.15) is 0 Å². The molecule has 0 aliphatic heterocycles. The topological polar surface area (TPSA) is 53.4 Å². The average Bonchev–Trinajstić information content (AvgIpc) is 3.03. The Morgan fingerprint density at radius 3 is 2.56 bits per heavy atom. The molecule has 0 fully saturated rings. The number of nitrogens with zero attached hydrogens (tertiary/aromatic N) is 2. The molecule has 0 saturated carbocycles. The minimum absolute atomic E-state index is 0.305. The summed E-state index contributed by atoms with van der Waals surface area (Å²) in [6.45, 7) is 5.58. The standard InChI is InChI=1S/C20H20N2O2S/c1-3-22(17-10-5-4-6-11-17)13-15-8-7-9-16(12-15)19-21-14(2)18(25-19)20(23)24/h4-12H,3,13H2,1-2H3,(H,23,24). The maximum absolute atomic E-state index is 11.2. The summed E-state index contributed by atoms with van der Waals surface area (Å²) in [6.07, 6.45) is 0. The maximum atomic E-state index is 11.2. The summed E-state index contributed by atoms with van der Waals surface area (Å²) in [5.41, 5.74) is 3.89. The van der Waals surface area contributed by atoms with Crippen molar-refractivity contribution in [2.45, 2.75) is 20.4 Å². The minimum atomic E-state index is -0.918. The molecule has 0 amide bonds. The van der Waals surface area contributed by atoms with Crippen molar-refractivity contribution in [1.82, 2.24) is 4.98 Å². The molecule has 3 aromatic rings. The lowest BCUT2D eigenvalue weighted by molar-refractivity contribution is 0.0701. The van der Waals surface area contributed by atoms with Gasteiger partial charge in [0.05, 0.1) is 5.69 Å². The summed E-state index contributed by atoms with van der Waals surface area (Å²) in [4.78, 5) is 18.3. The Morgan fingerprint density at radius 1 is 1.16 bits per heavy atom. The van der Waals surface area contributed by atoms with E-state index in [-0.39, 0.29) is 0 Å². The zero-order valence-corrected chi connectivity index (χ0v) is 15.1. The summed E-state index contributed by atoms with van der Waals surface area (Å²) < 4.78 is 0. The molecular weight excluding hydrogens is 332 g/mol. The van der Waals surface area contributed by atoms with Crippen LogP contribution in [-0.4, -0.2) is 22.6 Å². The number of aromatic carboxylic acids is 1. The minimum Gasteiger partial charge on any atom is -0.477 e. The highest BCUT2D eigenvalue weighted by atomic mass is 32.1. The Balaban J connectivity index is 1.86. The van der Waals surface area contributed by atoms with E-state index in [4.69, 9.17) is 0 Å². The molecular formula is C20H20N2O2S. The first-order chi connectivity index (χ1) is 12.1. The Hall–Kier alpha value is -2.66. The highest BCUT2D eigenvalue weighted by molar-refractivity contribution is 7.17. The third-order valence-corrected chi connectivity index (χ3v) is 5.24. The molecule has 5 heteroatoms. The SMILES string of the molecule is CCN(Cc1cccc(-c2nc(C)c(C(=O)O)s2)c1)c1ccccc1. The van der Waals surface area contributed by atoms with Crippen LogP contribution < -0.4 is 4.90 Å². The molecule has 3 rings (SSSR count). The second-order valence-corrected chi connectivity index (χ2v) is 6.79. The molecule has 0 atom stereocenters. The smallest absolute Gasteiger partial charge is 0.347 e. The largest absolute Gasteiger partial charge is 0.477 e. The number of para-hydroxylation sites is 1. The number of carboxylic acid groups (broad SMARTS) is 1. The Kier molecular flexibility index (Phi) is 5.14. The van der Waals surface area contributed by atoms with Crippen LogP contribution in [0.4, 0.5) is 5.69 Å². The molecule has 0 spiro atoms. The summed E-state index contributed by atoms with van der Waals surface area (Å²) >= 11 is 1.23. The summed E-state index contributed by atoms with van der Waals surface area (Å²) in [5, 5.41) is 9.97. The zero-order valence-electron chi connectivity index (χ0n) is 14.3. The van der Waals surface area contributed by atoms with Crippen LogP contribution >= 0.6 is 11.3 Å². The molecule has 0 saturated heterocycles. The molecule has 0 aliphatic carbocycles. The predicted octanol–water partition coefficient (Wildman–Crippen LogP) is 4.84. The number of anilines is 1. The van der Waals surface area contributed by atoms with E-state index in [0.717, 1.165) is 23.7 Å². The van der Waals surface area contributed by atoms with Gasteiger partial charge in [0.15, 0.2) is 0 Å². The second kappa shape index (κ2) is 7.49. The van der Waals surface area contributed by atoms with Crippen molar-refractivity contribution in [3.63, 3.8) is 0 Å². The van der Waals surface area contributed by atoms with E-state index in [2.05, 4.69) is 41.1 Å². The fourth-order valence-corrected chi connectivity index (χ4v) is 3.67. The maximum Gasteiger partial charge on any atom is 0.347 e. The molecule has 0 aliphatic rings. The second-order valence-electron chi connectivity index (χ2n) is 5.79. The number of rotatable bonds is 6. The third kappa shape index (κ3) is 3.88. The number of carboxylic acids is 1. The van der Waals surface area contributed by atoms with Crippen LogP contribution in [-0.2, 0) is 6.54 Å². The molecule has 1 aromatic heterocycles. The lowest BCUT2D eigenvalue weighted by Gasteiger charge is -2.23. The zero-order chi connectivity index (χ0) is 17.8. The molecule has 4 nitrogen and oxygen atoms in total. The first-order valence-electron chi connectivity index (χ1n) is 8.18. The molecule has 0 radical (unpaired) electrons. The van der Waals surface area contributed by atoms with Crippen molar-refractivity contribution in [2.75, 3.05) is 11.4 Å². The number of thiazole rings is 1. The van der Waals surface area contributed by atoms with Crippen LogP contribution in [0.3, 0.4) is 0 Å².